The lowest BCUT2D eigenvalue weighted by molar-refractivity contribution is 0.314. The highest BCUT2D eigenvalue weighted by atomic mass is 79.9. The van der Waals surface area contributed by atoms with Crippen molar-refractivity contribution in [3.05, 3.63) is 28.7 Å². The molecule has 0 saturated carbocycles. The highest BCUT2D eigenvalue weighted by Crippen LogP contribution is 2.14. The van der Waals surface area contributed by atoms with Gasteiger partial charge in [0.2, 0.25) is 0 Å². The Morgan fingerprint density at radius 2 is 1.88 bits per heavy atom. The molecular weight excluding hydrogens is 284 g/mol. The van der Waals surface area contributed by atoms with Gasteiger partial charge in [-0.1, -0.05) is 15.9 Å². The van der Waals surface area contributed by atoms with Crippen molar-refractivity contribution in [3.63, 3.8) is 0 Å². The van der Waals surface area contributed by atoms with Crippen molar-refractivity contribution in [1.29, 1.82) is 0 Å². The van der Waals surface area contributed by atoms with E-state index in [0.29, 0.717) is 0 Å². The molecule has 4 heteroatoms. The first-order valence-electron chi connectivity index (χ1n) is 5.64. The molecule has 2 rings (SSSR count). The molecule has 0 aliphatic carbocycles. The summed E-state index contributed by atoms with van der Waals surface area (Å²) in [7, 11) is 0. The van der Waals surface area contributed by atoms with Crippen LogP contribution in [0.25, 0.3) is 0 Å². The molecule has 1 saturated heterocycles. The van der Waals surface area contributed by atoms with Gasteiger partial charge in [-0.2, -0.15) is 11.8 Å². The van der Waals surface area contributed by atoms with Gasteiger partial charge in [0.1, 0.15) is 0 Å². The number of hydrogen-bond donors (Lipinski definition) is 1. The molecule has 1 aromatic carbocycles. The Bertz CT molecular complexity index is 309. The molecule has 16 heavy (non-hydrogen) atoms. The Kier molecular flexibility index (Phi) is 5.00. The lowest BCUT2D eigenvalue weighted by atomic mass is 10.3. The van der Waals surface area contributed by atoms with E-state index in [9.17, 15) is 0 Å². The van der Waals surface area contributed by atoms with Crippen molar-refractivity contribution in [2.45, 2.75) is 0 Å². The highest BCUT2D eigenvalue weighted by Gasteiger charge is 2.08. The zero-order valence-corrected chi connectivity index (χ0v) is 11.7. The van der Waals surface area contributed by atoms with E-state index in [1.807, 2.05) is 0 Å². The summed E-state index contributed by atoms with van der Waals surface area (Å²) in [4.78, 5) is 2.53. The average molecular weight is 301 g/mol. The molecule has 88 valence electrons. The van der Waals surface area contributed by atoms with Crippen molar-refractivity contribution < 1.29 is 0 Å². The van der Waals surface area contributed by atoms with Gasteiger partial charge in [0.15, 0.2) is 0 Å². The number of rotatable bonds is 4. The second kappa shape index (κ2) is 6.52. The fourth-order valence-corrected chi connectivity index (χ4v) is 2.99. The van der Waals surface area contributed by atoms with Crippen LogP contribution < -0.4 is 5.32 Å². The summed E-state index contributed by atoms with van der Waals surface area (Å²) in [6.45, 7) is 4.67. The van der Waals surface area contributed by atoms with Gasteiger partial charge in [-0.05, 0) is 24.3 Å². The molecule has 0 unspecified atom stereocenters. The smallest absolute Gasteiger partial charge is 0.0341 e. The minimum absolute atomic E-state index is 1.03. The molecule has 1 aliphatic rings. The van der Waals surface area contributed by atoms with Crippen LogP contribution in [-0.4, -0.2) is 42.6 Å². The third kappa shape index (κ3) is 4.00. The first-order valence-corrected chi connectivity index (χ1v) is 7.59. The number of halogens is 1. The lowest BCUT2D eigenvalue weighted by Gasteiger charge is -2.26. The summed E-state index contributed by atoms with van der Waals surface area (Å²) in [6.07, 6.45) is 0. The number of nitrogens with zero attached hydrogens (tertiary/aromatic N) is 1. The monoisotopic (exact) mass is 300 g/mol. The van der Waals surface area contributed by atoms with E-state index in [2.05, 4.69) is 62.2 Å². The summed E-state index contributed by atoms with van der Waals surface area (Å²) < 4.78 is 1.13. The zero-order chi connectivity index (χ0) is 11.2. The fourth-order valence-electron chi connectivity index (χ4n) is 1.75. The summed E-state index contributed by atoms with van der Waals surface area (Å²) >= 11 is 5.50. The molecule has 2 nitrogen and oxygen atoms in total. The van der Waals surface area contributed by atoms with Gasteiger partial charge >= 0.3 is 0 Å². The first-order chi connectivity index (χ1) is 7.84. The summed E-state index contributed by atoms with van der Waals surface area (Å²) in [5.41, 5.74) is 1.20. The molecular formula is C12H17BrN2S. The average Bonchev–Trinajstić information content (AvgIpc) is 2.33. The van der Waals surface area contributed by atoms with Crippen molar-refractivity contribution in [2.24, 2.45) is 0 Å². The molecule has 1 aliphatic heterocycles. The fraction of sp³-hybridized carbons (Fsp3) is 0.500. The van der Waals surface area contributed by atoms with Crippen LogP contribution in [0.2, 0.25) is 0 Å². The van der Waals surface area contributed by atoms with Crippen LogP contribution in [0, 0.1) is 0 Å². The van der Waals surface area contributed by atoms with E-state index >= 15 is 0 Å². The maximum Gasteiger partial charge on any atom is 0.0341 e. The Morgan fingerprint density at radius 1 is 1.19 bits per heavy atom. The minimum atomic E-state index is 1.03. The van der Waals surface area contributed by atoms with E-state index < -0.39 is 0 Å². The van der Waals surface area contributed by atoms with Crippen LogP contribution in [0.4, 0.5) is 5.69 Å². The second-order valence-electron chi connectivity index (χ2n) is 3.89. The standard InChI is InChI=1S/C12H17BrN2S/c13-11-1-3-12(4-2-11)14-5-6-15-7-9-16-10-8-15/h1-4,14H,5-10H2. The van der Waals surface area contributed by atoms with Crippen LogP contribution in [-0.2, 0) is 0 Å². The molecule has 0 radical (unpaired) electrons. The van der Waals surface area contributed by atoms with Crippen LogP contribution in [0.5, 0.6) is 0 Å². The molecule has 0 atom stereocenters. The number of benzene rings is 1. The Morgan fingerprint density at radius 3 is 2.56 bits per heavy atom. The first kappa shape index (κ1) is 12.3. The maximum atomic E-state index is 3.45. The van der Waals surface area contributed by atoms with Gasteiger partial charge in [0, 0.05) is 47.8 Å². The third-order valence-electron chi connectivity index (χ3n) is 2.71. The Balaban J connectivity index is 1.69. The predicted molar refractivity (Wildman–Crippen MR) is 76.4 cm³/mol. The van der Waals surface area contributed by atoms with Gasteiger partial charge in [-0.25, -0.2) is 0 Å². The predicted octanol–water partition coefficient (Wildman–Crippen LogP) is 2.91. The number of thioether (sulfide) groups is 1. The van der Waals surface area contributed by atoms with E-state index in [-0.39, 0.29) is 0 Å². The molecule has 1 heterocycles. The van der Waals surface area contributed by atoms with Gasteiger partial charge < -0.3 is 5.32 Å². The second-order valence-corrected chi connectivity index (χ2v) is 6.03. The molecule has 0 amide bonds. The van der Waals surface area contributed by atoms with Gasteiger partial charge in [-0.3, -0.25) is 4.90 Å². The zero-order valence-electron chi connectivity index (χ0n) is 9.29. The van der Waals surface area contributed by atoms with Crippen LogP contribution in [0.15, 0.2) is 28.7 Å². The van der Waals surface area contributed by atoms with Gasteiger partial charge in [0.05, 0.1) is 0 Å². The molecule has 1 aromatic rings. The summed E-state index contributed by atoms with van der Waals surface area (Å²) in [5.74, 6) is 2.58. The van der Waals surface area contributed by atoms with Crippen LogP contribution >= 0.6 is 27.7 Å². The lowest BCUT2D eigenvalue weighted by Crippen LogP contribution is -2.36. The largest absolute Gasteiger partial charge is 0.384 e. The normalized spacial score (nSPS) is 17.3. The van der Waals surface area contributed by atoms with E-state index in [0.717, 1.165) is 17.6 Å². The topological polar surface area (TPSA) is 15.3 Å². The Hall–Kier alpha value is -0.190. The van der Waals surface area contributed by atoms with E-state index in [4.69, 9.17) is 0 Å². The highest BCUT2D eigenvalue weighted by molar-refractivity contribution is 9.10. The van der Waals surface area contributed by atoms with Crippen LogP contribution in [0.3, 0.4) is 0 Å². The quantitative estimate of drug-likeness (QED) is 0.920. The maximum absolute atomic E-state index is 3.45. The molecule has 0 spiro atoms. The number of anilines is 1. The van der Waals surface area contributed by atoms with Gasteiger partial charge in [0.25, 0.3) is 0 Å². The van der Waals surface area contributed by atoms with Crippen LogP contribution in [0.1, 0.15) is 0 Å². The SMILES string of the molecule is Brc1ccc(NCCN2CCSCC2)cc1. The van der Waals surface area contributed by atoms with E-state index in [1.54, 1.807) is 0 Å². The van der Waals surface area contributed by atoms with Gasteiger partial charge in [-0.15, -0.1) is 0 Å². The molecule has 1 N–H and O–H groups in total. The van der Waals surface area contributed by atoms with E-state index in [1.165, 1.54) is 30.3 Å². The minimum Gasteiger partial charge on any atom is -0.384 e. The van der Waals surface area contributed by atoms with Crippen molar-refractivity contribution in [2.75, 3.05) is 43.0 Å². The summed E-state index contributed by atoms with van der Waals surface area (Å²) in [6, 6.07) is 8.35. The third-order valence-corrected chi connectivity index (χ3v) is 4.18. The van der Waals surface area contributed by atoms with Crippen molar-refractivity contribution >= 4 is 33.4 Å². The Labute approximate surface area is 110 Å². The molecule has 0 bridgehead atoms. The molecule has 1 fully saturated rings. The molecule has 0 aromatic heterocycles. The van der Waals surface area contributed by atoms with Crippen molar-refractivity contribution in [1.82, 2.24) is 4.90 Å². The number of nitrogens with one attached hydrogen (secondary N) is 1. The van der Waals surface area contributed by atoms with Crippen molar-refractivity contribution in [3.8, 4) is 0 Å². The number of hydrogen-bond acceptors (Lipinski definition) is 3. The summed E-state index contributed by atoms with van der Waals surface area (Å²) in [5, 5.41) is 3.45.